The van der Waals surface area contributed by atoms with Crippen molar-refractivity contribution in [2.24, 2.45) is 5.92 Å². The van der Waals surface area contributed by atoms with Crippen LogP contribution in [0.5, 0.6) is 11.8 Å². The fourth-order valence-corrected chi connectivity index (χ4v) is 4.98. The molecular formula is C16H20N2O2S2. The molecule has 2 aromatic rings. The van der Waals surface area contributed by atoms with Crippen LogP contribution in [0.1, 0.15) is 43.9 Å². The third-order valence-corrected chi connectivity index (χ3v) is 6.20. The van der Waals surface area contributed by atoms with Crippen LogP contribution in [-0.4, -0.2) is 20.5 Å². The quantitative estimate of drug-likeness (QED) is 0.788. The molecule has 0 amide bonds. The molecule has 1 unspecified atom stereocenters. The molecule has 2 bridgehead atoms. The number of fused-ring (bicyclic) bond motifs is 2. The lowest BCUT2D eigenvalue weighted by Gasteiger charge is -2.27. The van der Waals surface area contributed by atoms with Crippen molar-refractivity contribution in [3.05, 3.63) is 22.4 Å². The summed E-state index contributed by atoms with van der Waals surface area (Å²) in [5, 5.41) is 2.09. The third-order valence-electron chi connectivity index (χ3n) is 4.80. The molecular weight excluding hydrogens is 316 g/mol. The van der Waals surface area contributed by atoms with Crippen LogP contribution in [-0.2, 0) is 6.42 Å². The second kappa shape index (κ2) is 5.81. The topological polar surface area (TPSA) is 44.2 Å². The first kappa shape index (κ1) is 14.5. The van der Waals surface area contributed by atoms with Crippen LogP contribution < -0.4 is 9.47 Å². The fraction of sp³-hybridized carbons (Fsp3) is 0.625. The van der Waals surface area contributed by atoms with Crippen LogP contribution in [0.25, 0.3) is 0 Å². The number of ether oxygens (including phenoxy) is 2. The molecule has 2 aliphatic carbocycles. The molecule has 0 aliphatic heterocycles. The lowest BCUT2D eigenvalue weighted by molar-refractivity contribution is 0.0678. The van der Waals surface area contributed by atoms with Crippen molar-refractivity contribution in [1.29, 1.82) is 0 Å². The largest absolute Gasteiger partial charge is 0.470 e. The maximum Gasteiger partial charge on any atom is 0.291 e. The average molecular weight is 336 g/mol. The number of hydrogen-bond acceptors (Lipinski definition) is 6. The molecule has 6 heteroatoms. The molecule has 0 saturated heterocycles. The Balaban J connectivity index is 1.42. The third kappa shape index (κ3) is 2.86. The highest BCUT2D eigenvalue weighted by atomic mass is 32.1. The SMILES string of the molecule is CC(Cc1cccs1)Oc1nsnc1OC12CCC(CC1)C2. The zero-order valence-electron chi connectivity index (χ0n) is 12.7. The van der Waals surface area contributed by atoms with Gasteiger partial charge in [0.1, 0.15) is 11.7 Å². The summed E-state index contributed by atoms with van der Waals surface area (Å²) in [7, 11) is 0. The Bertz CT molecular complexity index is 618. The van der Waals surface area contributed by atoms with Crippen LogP contribution in [0.4, 0.5) is 0 Å². The molecule has 0 spiro atoms. The first-order valence-electron chi connectivity index (χ1n) is 7.93. The van der Waals surface area contributed by atoms with E-state index in [9.17, 15) is 0 Å². The molecule has 1 atom stereocenters. The van der Waals surface area contributed by atoms with E-state index in [1.54, 1.807) is 11.3 Å². The van der Waals surface area contributed by atoms with E-state index in [2.05, 4.69) is 33.2 Å². The second-order valence-electron chi connectivity index (χ2n) is 6.52. The van der Waals surface area contributed by atoms with Crippen LogP contribution in [0.2, 0.25) is 0 Å². The van der Waals surface area contributed by atoms with Gasteiger partial charge in [-0.3, -0.25) is 0 Å². The van der Waals surface area contributed by atoms with Gasteiger partial charge in [-0.2, -0.15) is 0 Å². The van der Waals surface area contributed by atoms with Gasteiger partial charge in [-0.05, 0) is 56.4 Å². The van der Waals surface area contributed by atoms with Gasteiger partial charge in [0.2, 0.25) is 0 Å². The standard InChI is InChI=1S/C16H20N2O2S2/c1-11(9-13-3-2-8-21-13)19-14-15(18-22-17-14)20-16-6-4-12(10-16)5-7-16/h2-3,8,11-12H,4-7,9-10H2,1H3. The maximum atomic E-state index is 6.28. The van der Waals surface area contributed by atoms with Gasteiger partial charge in [-0.15, -0.1) is 20.1 Å². The summed E-state index contributed by atoms with van der Waals surface area (Å²) in [5.41, 5.74) is 0.00944. The van der Waals surface area contributed by atoms with E-state index in [0.717, 1.165) is 25.2 Å². The Hall–Kier alpha value is -1.14. The Morgan fingerprint density at radius 2 is 2.14 bits per heavy atom. The molecule has 2 aliphatic rings. The van der Waals surface area contributed by atoms with Gasteiger partial charge in [0.15, 0.2) is 0 Å². The lowest BCUT2D eigenvalue weighted by atomic mass is 9.97. The molecule has 0 N–H and O–H groups in total. The van der Waals surface area contributed by atoms with Crippen molar-refractivity contribution in [3.63, 3.8) is 0 Å². The number of nitrogens with zero attached hydrogens (tertiary/aromatic N) is 2. The molecule has 22 heavy (non-hydrogen) atoms. The Morgan fingerprint density at radius 3 is 2.82 bits per heavy atom. The van der Waals surface area contributed by atoms with E-state index in [-0.39, 0.29) is 11.7 Å². The van der Waals surface area contributed by atoms with Gasteiger partial charge < -0.3 is 9.47 Å². The van der Waals surface area contributed by atoms with E-state index in [1.165, 1.54) is 35.9 Å². The Labute approximate surface area is 138 Å². The van der Waals surface area contributed by atoms with Crippen LogP contribution in [0.3, 0.4) is 0 Å². The summed E-state index contributed by atoms with van der Waals surface area (Å²) in [4.78, 5) is 1.33. The lowest BCUT2D eigenvalue weighted by Crippen LogP contribution is -2.30. The van der Waals surface area contributed by atoms with Crippen molar-refractivity contribution >= 4 is 23.1 Å². The second-order valence-corrected chi connectivity index (χ2v) is 8.08. The van der Waals surface area contributed by atoms with E-state index in [4.69, 9.17) is 9.47 Å². The van der Waals surface area contributed by atoms with Crippen molar-refractivity contribution in [2.75, 3.05) is 0 Å². The van der Waals surface area contributed by atoms with Crippen molar-refractivity contribution < 1.29 is 9.47 Å². The van der Waals surface area contributed by atoms with Crippen molar-refractivity contribution in [2.45, 2.75) is 57.2 Å². The van der Waals surface area contributed by atoms with Crippen molar-refractivity contribution in [1.82, 2.24) is 8.75 Å². The van der Waals surface area contributed by atoms with Gasteiger partial charge >= 0.3 is 0 Å². The number of thiophene rings is 1. The summed E-state index contributed by atoms with van der Waals surface area (Å²) in [5.74, 6) is 2.03. The van der Waals surface area contributed by atoms with Gasteiger partial charge in [0.25, 0.3) is 11.8 Å². The number of rotatable bonds is 6. The molecule has 2 saturated carbocycles. The highest BCUT2D eigenvalue weighted by Gasteiger charge is 2.47. The molecule has 2 heterocycles. The van der Waals surface area contributed by atoms with Crippen LogP contribution in [0.15, 0.2) is 17.5 Å². The monoisotopic (exact) mass is 336 g/mol. The van der Waals surface area contributed by atoms with Gasteiger partial charge in [0.05, 0.1) is 11.7 Å². The molecule has 2 aromatic heterocycles. The minimum Gasteiger partial charge on any atom is -0.470 e. The van der Waals surface area contributed by atoms with E-state index in [1.807, 2.05) is 0 Å². The van der Waals surface area contributed by atoms with Gasteiger partial charge in [-0.1, -0.05) is 6.07 Å². The molecule has 0 aromatic carbocycles. The molecule has 4 nitrogen and oxygen atoms in total. The zero-order valence-corrected chi connectivity index (χ0v) is 14.3. The van der Waals surface area contributed by atoms with Crippen LogP contribution >= 0.6 is 23.1 Å². The number of aromatic nitrogens is 2. The minimum atomic E-state index is 0.00944. The average Bonchev–Trinajstić information content (AvgIpc) is 3.25. The summed E-state index contributed by atoms with van der Waals surface area (Å²) in [6.45, 7) is 2.07. The molecule has 118 valence electrons. The molecule has 0 radical (unpaired) electrons. The smallest absolute Gasteiger partial charge is 0.291 e. The first-order chi connectivity index (χ1) is 10.7. The van der Waals surface area contributed by atoms with Gasteiger partial charge in [-0.25, -0.2) is 0 Å². The van der Waals surface area contributed by atoms with Gasteiger partial charge in [0, 0.05) is 11.3 Å². The highest BCUT2D eigenvalue weighted by molar-refractivity contribution is 7.09. The normalized spacial score (nSPS) is 28.0. The summed E-state index contributed by atoms with van der Waals surface area (Å²) in [6.07, 6.45) is 7.03. The molecule has 4 rings (SSSR count). The minimum absolute atomic E-state index is 0.00944. The van der Waals surface area contributed by atoms with E-state index >= 15 is 0 Å². The Kier molecular flexibility index (Phi) is 3.82. The van der Waals surface area contributed by atoms with E-state index in [0.29, 0.717) is 11.8 Å². The highest BCUT2D eigenvalue weighted by Crippen LogP contribution is 2.50. The number of hydrogen-bond donors (Lipinski definition) is 0. The zero-order chi connectivity index (χ0) is 15.0. The summed E-state index contributed by atoms with van der Waals surface area (Å²) < 4.78 is 20.9. The predicted molar refractivity (Wildman–Crippen MR) is 88.0 cm³/mol. The predicted octanol–water partition coefficient (Wildman–Crippen LogP) is 4.32. The summed E-state index contributed by atoms with van der Waals surface area (Å²) in [6, 6.07) is 4.21. The summed E-state index contributed by atoms with van der Waals surface area (Å²) >= 11 is 2.93. The Morgan fingerprint density at radius 1 is 1.32 bits per heavy atom. The van der Waals surface area contributed by atoms with Crippen molar-refractivity contribution in [3.8, 4) is 11.8 Å². The van der Waals surface area contributed by atoms with E-state index < -0.39 is 0 Å². The fourth-order valence-electron chi connectivity index (χ4n) is 3.74. The first-order valence-corrected chi connectivity index (χ1v) is 9.54. The maximum absolute atomic E-state index is 6.28. The molecule has 2 fully saturated rings. The van der Waals surface area contributed by atoms with Crippen LogP contribution in [0, 0.1) is 5.92 Å².